The lowest BCUT2D eigenvalue weighted by molar-refractivity contribution is 0.978. The van der Waals surface area contributed by atoms with E-state index in [9.17, 15) is 0 Å². The first kappa shape index (κ1) is 34.8. The van der Waals surface area contributed by atoms with Gasteiger partial charge < -0.3 is 0 Å². The van der Waals surface area contributed by atoms with Gasteiger partial charge in [0.15, 0.2) is 34.9 Å². The third kappa shape index (κ3) is 7.22. The van der Waals surface area contributed by atoms with Crippen molar-refractivity contribution in [3.05, 3.63) is 200 Å². The molecule has 0 saturated heterocycles. The molecule has 6 nitrogen and oxygen atoms in total. The summed E-state index contributed by atoms with van der Waals surface area (Å²) in [6.07, 6.45) is 8.27. The molecule has 2 heterocycles. The van der Waals surface area contributed by atoms with Crippen LogP contribution in [0.25, 0.3) is 95.5 Å². The van der Waals surface area contributed by atoms with Gasteiger partial charge in [0.2, 0.25) is 0 Å². The largest absolute Gasteiger partial charge is 0.209 e. The molecule has 58 heavy (non-hydrogen) atoms. The first-order chi connectivity index (χ1) is 28.7. The summed E-state index contributed by atoms with van der Waals surface area (Å²) in [4.78, 5) is 29.4. The fourth-order valence-electron chi connectivity index (χ4n) is 7.32. The lowest BCUT2D eigenvalue weighted by atomic mass is 9.96. The molecule has 274 valence electrons. The number of allylic oxidation sites excluding steroid dienone is 4. The molecule has 0 fully saturated rings. The fourth-order valence-corrected chi connectivity index (χ4v) is 7.32. The maximum absolute atomic E-state index is 4.96. The zero-order valence-corrected chi connectivity index (χ0v) is 31.6. The van der Waals surface area contributed by atoms with Crippen molar-refractivity contribution >= 4 is 16.3 Å². The van der Waals surface area contributed by atoms with E-state index in [1.165, 1.54) is 10.8 Å². The predicted molar refractivity (Wildman–Crippen MR) is 235 cm³/mol. The van der Waals surface area contributed by atoms with E-state index in [-0.39, 0.29) is 0 Å². The lowest BCUT2D eigenvalue weighted by Gasteiger charge is -2.12. The summed E-state index contributed by atoms with van der Waals surface area (Å²) in [5.74, 6) is 4.02. The maximum atomic E-state index is 4.96. The van der Waals surface area contributed by atoms with Crippen LogP contribution in [-0.2, 0) is 0 Å². The molecular weight excluding hydrogens is 709 g/mol. The second kappa shape index (κ2) is 15.4. The molecule has 0 atom stereocenters. The maximum Gasteiger partial charge on any atom is 0.164 e. The van der Waals surface area contributed by atoms with E-state index in [2.05, 4.69) is 103 Å². The average Bonchev–Trinajstić information content (AvgIpc) is 3.32. The highest BCUT2D eigenvalue weighted by atomic mass is 15.0. The quantitative estimate of drug-likeness (QED) is 0.154. The predicted octanol–water partition coefficient (Wildman–Crippen LogP) is 12.6. The van der Waals surface area contributed by atoms with Crippen LogP contribution in [0.3, 0.4) is 0 Å². The van der Waals surface area contributed by atoms with Gasteiger partial charge >= 0.3 is 0 Å². The van der Waals surface area contributed by atoms with Gasteiger partial charge in [-0.3, -0.25) is 0 Å². The molecule has 0 amide bonds. The number of nitrogens with zero attached hydrogens (tertiary/aromatic N) is 6. The van der Waals surface area contributed by atoms with E-state index in [1.807, 2.05) is 91.0 Å². The van der Waals surface area contributed by atoms with Gasteiger partial charge in [0, 0.05) is 27.8 Å². The van der Waals surface area contributed by atoms with E-state index in [4.69, 9.17) is 29.9 Å². The van der Waals surface area contributed by atoms with Crippen LogP contribution in [0.2, 0.25) is 0 Å². The molecule has 1 aliphatic rings. The Labute approximate surface area is 337 Å². The van der Waals surface area contributed by atoms with Gasteiger partial charge in [-0.2, -0.15) is 0 Å². The monoisotopic (exact) mass is 744 g/mol. The van der Waals surface area contributed by atoms with Gasteiger partial charge in [0.05, 0.1) is 0 Å². The SMILES string of the molecule is C1=CCCC(c2nc(-c3ccccc3)nc(-c3ccc(-c4ccc5ccc(-c6ccc(-c7nc(-c8ccccc8)nc(-c8ccccc8)n7)cc6)cc5c4)cc3)n2)=C1. The van der Waals surface area contributed by atoms with Crippen LogP contribution in [0, 0.1) is 0 Å². The number of benzene rings is 7. The molecule has 0 unspecified atom stereocenters. The van der Waals surface area contributed by atoms with Gasteiger partial charge in [-0.1, -0.05) is 182 Å². The molecule has 2 aromatic heterocycles. The van der Waals surface area contributed by atoms with Crippen molar-refractivity contribution < 1.29 is 0 Å². The molecule has 0 radical (unpaired) electrons. The highest BCUT2D eigenvalue weighted by Gasteiger charge is 2.16. The second-order valence-electron chi connectivity index (χ2n) is 14.3. The zero-order valence-electron chi connectivity index (χ0n) is 31.6. The molecule has 0 N–H and O–H groups in total. The van der Waals surface area contributed by atoms with Gasteiger partial charge in [-0.05, 0) is 63.6 Å². The molecule has 0 spiro atoms. The topological polar surface area (TPSA) is 77.3 Å². The zero-order chi connectivity index (χ0) is 38.7. The Balaban J connectivity index is 0.937. The van der Waals surface area contributed by atoms with E-state index in [0.717, 1.165) is 74.3 Å². The molecule has 9 aromatic rings. The van der Waals surface area contributed by atoms with Crippen LogP contribution in [0.15, 0.2) is 194 Å². The summed E-state index contributed by atoms with van der Waals surface area (Å²) in [7, 11) is 0. The molecule has 10 rings (SSSR count). The van der Waals surface area contributed by atoms with Crippen molar-refractivity contribution in [2.24, 2.45) is 0 Å². The Morgan fingerprint density at radius 3 is 1.02 bits per heavy atom. The third-order valence-corrected chi connectivity index (χ3v) is 10.5. The highest BCUT2D eigenvalue weighted by Crippen LogP contribution is 2.32. The van der Waals surface area contributed by atoms with E-state index >= 15 is 0 Å². The third-order valence-electron chi connectivity index (χ3n) is 10.5. The first-order valence-corrected chi connectivity index (χ1v) is 19.5. The Kier molecular flexibility index (Phi) is 9.26. The Morgan fingerprint density at radius 1 is 0.293 bits per heavy atom. The second-order valence-corrected chi connectivity index (χ2v) is 14.3. The number of hydrogen-bond acceptors (Lipinski definition) is 6. The summed E-state index contributed by atoms with van der Waals surface area (Å²) in [6.45, 7) is 0. The van der Waals surface area contributed by atoms with Gasteiger partial charge in [-0.15, -0.1) is 0 Å². The lowest BCUT2D eigenvalue weighted by Crippen LogP contribution is -2.03. The van der Waals surface area contributed by atoms with Crippen LogP contribution in [-0.4, -0.2) is 29.9 Å². The highest BCUT2D eigenvalue weighted by molar-refractivity contribution is 5.91. The summed E-state index contributed by atoms with van der Waals surface area (Å²) < 4.78 is 0. The molecule has 0 saturated carbocycles. The molecule has 7 aromatic carbocycles. The Morgan fingerprint density at radius 2 is 0.638 bits per heavy atom. The van der Waals surface area contributed by atoms with Gasteiger partial charge in [0.1, 0.15) is 0 Å². The van der Waals surface area contributed by atoms with Crippen LogP contribution < -0.4 is 0 Å². The Hall–Kier alpha value is -7.70. The minimum Gasteiger partial charge on any atom is -0.209 e. The van der Waals surface area contributed by atoms with E-state index in [1.54, 1.807) is 0 Å². The first-order valence-electron chi connectivity index (χ1n) is 19.5. The average molecular weight is 745 g/mol. The normalized spacial score (nSPS) is 12.4. The van der Waals surface area contributed by atoms with Crippen molar-refractivity contribution in [2.75, 3.05) is 0 Å². The van der Waals surface area contributed by atoms with Gasteiger partial charge in [-0.25, -0.2) is 29.9 Å². The Bertz CT molecular complexity index is 2900. The molecule has 6 heteroatoms. The minimum absolute atomic E-state index is 0.639. The summed E-state index contributed by atoms with van der Waals surface area (Å²) in [5, 5.41) is 2.36. The summed E-state index contributed by atoms with van der Waals surface area (Å²) in [6, 6.07) is 60.5. The fraction of sp³-hybridized carbons (Fsp3) is 0.0385. The minimum atomic E-state index is 0.639. The van der Waals surface area contributed by atoms with Crippen LogP contribution in [0.4, 0.5) is 0 Å². The molecule has 0 aliphatic heterocycles. The van der Waals surface area contributed by atoms with Crippen LogP contribution in [0.5, 0.6) is 0 Å². The number of fused-ring (bicyclic) bond motifs is 1. The van der Waals surface area contributed by atoms with Crippen molar-refractivity contribution in [3.8, 4) is 79.2 Å². The molecule has 1 aliphatic carbocycles. The van der Waals surface area contributed by atoms with E-state index in [0.29, 0.717) is 29.1 Å². The van der Waals surface area contributed by atoms with E-state index < -0.39 is 0 Å². The van der Waals surface area contributed by atoms with Crippen molar-refractivity contribution in [1.82, 2.24) is 29.9 Å². The van der Waals surface area contributed by atoms with Crippen molar-refractivity contribution in [3.63, 3.8) is 0 Å². The van der Waals surface area contributed by atoms with Crippen molar-refractivity contribution in [1.29, 1.82) is 0 Å². The molecule has 0 bridgehead atoms. The smallest absolute Gasteiger partial charge is 0.164 e. The number of aromatic nitrogens is 6. The summed E-state index contributed by atoms with van der Waals surface area (Å²) >= 11 is 0. The van der Waals surface area contributed by atoms with Gasteiger partial charge in [0.25, 0.3) is 0 Å². The number of hydrogen-bond donors (Lipinski definition) is 0. The van der Waals surface area contributed by atoms with Crippen LogP contribution >= 0.6 is 0 Å². The van der Waals surface area contributed by atoms with Crippen molar-refractivity contribution in [2.45, 2.75) is 12.8 Å². The standard InChI is InChI=1S/C52H36N6/c1-5-13-38(14-6-1)47-53-48(39-15-7-2-8-16-39)56-51(55-47)42-27-21-35(22-28-42)44-31-25-37-26-32-45(34-46(37)33-44)36-23-29-43(30-24-36)52-57-49(40-17-9-3-10-18-40)54-50(58-52)41-19-11-4-12-20-41/h1-11,13-19,21-34H,12,20H2. The summed E-state index contributed by atoms with van der Waals surface area (Å²) in [5.41, 5.74) is 10.4. The van der Waals surface area contributed by atoms with Crippen LogP contribution in [0.1, 0.15) is 18.7 Å². The number of rotatable bonds is 8. The molecular formula is C52H36N6.